The zero-order chi connectivity index (χ0) is 14.8. The normalized spacial score (nSPS) is 11.2. The number of non-ortho nitro benzene ring substituents is 1. The number of hydrogen-bond acceptors (Lipinski definition) is 7. The maximum atomic E-state index is 12.1. The van der Waals surface area contributed by atoms with Crippen LogP contribution in [0.5, 0.6) is 0 Å². The van der Waals surface area contributed by atoms with Crippen LogP contribution >= 0.6 is 11.3 Å². The quantitative estimate of drug-likeness (QED) is 0.664. The average molecular weight is 314 g/mol. The number of aromatic nitrogens is 2. The van der Waals surface area contributed by atoms with Gasteiger partial charge in [-0.05, 0) is 12.5 Å². The fraction of sp³-hybridized carbons (Fsp3) is 0.200. The van der Waals surface area contributed by atoms with Gasteiger partial charge < -0.3 is 0 Å². The molecule has 0 aliphatic carbocycles. The van der Waals surface area contributed by atoms with Gasteiger partial charge in [0.15, 0.2) is 0 Å². The Labute approximate surface area is 118 Å². The fourth-order valence-electron chi connectivity index (χ4n) is 1.38. The van der Waals surface area contributed by atoms with Gasteiger partial charge in [-0.15, -0.1) is 10.2 Å². The zero-order valence-electron chi connectivity index (χ0n) is 10.3. The molecule has 0 radical (unpaired) electrons. The van der Waals surface area contributed by atoms with Gasteiger partial charge in [-0.3, -0.25) is 14.8 Å². The van der Waals surface area contributed by atoms with Crippen LogP contribution in [0.15, 0.2) is 29.2 Å². The Morgan fingerprint density at radius 2 is 2.15 bits per heavy atom. The summed E-state index contributed by atoms with van der Waals surface area (Å²) in [6.07, 6.45) is 0.649. The Morgan fingerprint density at radius 3 is 2.75 bits per heavy atom. The standard InChI is InChI=1S/C10H10N4O4S2/c1-2-9-11-12-10(19-9)13-20(17,18)8-5-3-4-7(6-8)14(15)16/h3-6H,2H2,1H3,(H,12,13). The van der Waals surface area contributed by atoms with Crippen molar-refractivity contribution in [3.05, 3.63) is 39.4 Å². The van der Waals surface area contributed by atoms with Crippen molar-refractivity contribution in [3.63, 3.8) is 0 Å². The highest BCUT2D eigenvalue weighted by Crippen LogP contribution is 2.22. The monoisotopic (exact) mass is 314 g/mol. The van der Waals surface area contributed by atoms with Crippen LogP contribution in [0.1, 0.15) is 11.9 Å². The smallest absolute Gasteiger partial charge is 0.258 e. The molecule has 0 aliphatic heterocycles. The van der Waals surface area contributed by atoms with Crippen LogP contribution in [0.4, 0.5) is 10.8 Å². The molecule has 20 heavy (non-hydrogen) atoms. The van der Waals surface area contributed by atoms with Crippen molar-refractivity contribution in [3.8, 4) is 0 Å². The molecule has 0 aliphatic rings. The first-order valence-corrected chi connectivity index (χ1v) is 7.82. The third-order valence-electron chi connectivity index (χ3n) is 2.33. The van der Waals surface area contributed by atoms with Gasteiger partial charge in [0, 0.05) is 12.1 Å². The highest BCUT2D eigenvalue weighted by Gasteiger charge is 2.19. The minimum absolute atomic E-state index is 0.133. The van der Waals surface area contributed by atoms with Crippen molar-refractivity contribution in [1.82, 2.24) is 10.2 Å². The number of anilines is 1. The van der Waals surface area contributed by atoms with Gasteiger partial charge in [0.25, 0.3) is 15.7 Å². The van der Waals surface area contributed by atoms with Crippen molar-refractivity contribution in [2.45, 2.75) is 18.2 Å². The molecule has 2 aromatic rings. The SMILES string of the molecule is CCc1nnc(NS(=O)(=O)c2cccc([N+](=O)[O-])c2)s1. The van der Waals surface area contributed by atoms with Crippen LogP contribution in [0.3, 0.4) is 0 Å². The lowest BCUT2D eigenvalue weighted by Crippen LogP contribution is -2.13. The Bertz CT molecular complexity index is 741. The van der Waals surface area contributed by atoms with Crippen molar-refractivity contribution >= 4 is 32.2 Å². The number of hydrogen-bond donors (Lipinski definition) is 1. The molecule has 8 nitrogen and oxygen atoms in total. The van der Waals surface area contributed by atoms with Gasteiger partial charge in [0.05, 0.1) is 9.82 Å². The molecule has 1 aromatic heterocycles. The van der Waals surface area contributed by atoms with Gasteiger partial charge >= 0.3 is 0 Å². The second-order valence-corrected chi connectivity index (χ2v) is 6.46. The Morgan fingerprint density at radius 1 is 1.40 bits per heavy atom. The zero-order valence-corrected chi connectivity index (χ0v) is 11.9. The second-order valence-electron chi connectivity index (χ2n) is 3.71. The summed E-state index contributed by atoms with van der Waals surface area (Å²) in [6, 6.07) is 4.80. The molecule has 2 rings (SSSR count). The molecule has 0 bridgehead atoms. The summed E-state index contributed by atoms with van der Waals surface area (Å²) < 4.78 is 26.4. The van der Waals surface area contributed by atoms with Crippen LogP contribution in [0, 0.1) is 10.1 Å². The molecular weight excluding hydrogens is 304 g/mol. The molecule has 0 fully saturated rings. The fourth-order valence-corrected chi connectivity index (χ4v) is 3.32. The van der Waals surface area contributed by atoms with Gasteiger partial charge in [-0.25, -0.2) is 8.42 Å². The van der Waals surface area contributed by atoms with Crippen molar-refractivity contribution in [2.75, 3.05) is 4.72 Å². The lowest BCUT2D eigenvalue weighted by molar-refractivity contribution is -0.385. The van der Waals surface area contributed by atoms with E-state index in [1.807, 2.05) is 6.92 Å². The number of rotatable bonds is 5. The van der Waals surface area contributed by atoms with Crippen LogP contribution in [-0.2, 0) is 16.4 Å². The van der Waals surface area contributed by atoms with E-state index in [1.54, 1.807) is 0 Å². The Balaban J connectivity index is 2.30. The third-order valence-corrected chi connectivity index (χ3v) is 4.78. The summed E-state index contributed by atoms with van der Waals surface area (Å²) in [4.78, 5) is 9.80. The predicted molar refractivity (Wildman–Crippen MR) is 73.2 cm³/mol. The van der Waals surface area contributed by atoms with Gasteiger partial charge in [0.2, 0.25) is 5.13 Å². The summed E-state index contributed by atoms with van der Waals surface area (Å²) in [5.74, 6) is 0. The van der Waals surface area contributed by atoms with E-state index < -0.39 is 14.9 Å². The van der Waals surface area contributed by atoms with E-state index >= 15 is 0 Å². The summed E-state index contributed by atoms with van der Waals surface area (Å²) in [5, 5.41) is 19.0. The second kappa shape index (κ2) is 5.51. The first-order chi connectivity index (χ1) is 9.42. The maximum absolute atomic E-state index is 12.1. The molecule has 0 atom stereocenters. The molecule has 1 N–H and O–H groups in total. The van der Waals surface area contributed by atoms with E-state index in [0.717, 1.165) is 17.4 Å². The largest absolute Gasteiger partial charge is 0.270 e. The van der Waals surface area contributed by atoms with E-state index in [-0.39, 0.29) is 15.7 Å². The number of nitrogens with zero attached hydrogens (tertiary/aromatic N) is 3. The molecule has 0 spiro atoms. The predicted octanol–water partition coefficient (Wildman–Crippen LogP) is 1.81. The Hall–Kier alpha value is -2.07. The van der Waals surface area contributed by atoms with Crippen molar-refractivity contribution < 1.29 is 13.3 Å². The molecule has 1 heterocycles. The first-order valence-electron chi connectivity index (χ1n) is 5.52. The van der Waals surface area contributed by atoms with E-state index in [1.165, 1.54) is 18.2 Å². The topological polar surface area (TPSA) is 115 Å². The van der Waals surface area contributed by atoms with Crippen LogP contribution in [0.25, 0.3) is 0 Å². The summed E-state index contributed by atoms with van der Waals surface area (Å²) in [6.45, 7) is 1.87. The van der Waals surface area contributed by atoms with Crippen molar-refractivity contribution in [1.29, 1.82) is 0 Å². The molecule has 10 heteroatoms. The molecule has 1 aromatic carbocycles. The highest BCUT2D eigenvalue weighted by molar-refractivity contribution is 7.93. The molecule has 0 saturated heterocycles. The lowest BCUT2D eigenvalue weighted by Gasteiger charge is -2.04. The van der Waals surface area contributed by atoms with Crippen molar-refractivity contribution in [2.24, 2.45) is 0 Å². The van der Waals surface area contributed by atoms with E-state index in [4.69, 9.17) is 0 Å². The number of nitro benzene ring substituents is 1. The van der Waals surface area contributed by atoms with Gasteiger partial charge in [0.1, 0.15) is 5.01 Å². The van der Waals surface area contributed by atoms with E-state index in [0.29, 0.717) is 11.4 Å². The number of nitrogens with one attached hydrogen (secondary N) is 1. The summed E-state index contributed by atoms with van der Waals surface area (Å²) in [5.41, 5.74) is -0.292. The minimum atomic E-state index is -3.91. The number of benzene rings is 1. The number of nitro groups is 1. The summed E-state index contributed by atoms with van der Waals surface area (Å²) in [7, 11) is -3.91. The average Bonchev–Trinajstić information content (AvgIpc) is 2.86. The van der Waals surface area contributed by atoms with Gasteiger partial charge in [-0.2, -0.15) is 0 Å². The minimum Gasteiger partial charge on any atom is -0.258 e. The maximum Gasteiger partial charge on any atom is 0.270 e. The Kier molecular flexibility index (Phi) is 3.95. The van der Waals surface area contributed by atoms with E-state index in [9.17, 15) is 18.5 Å². The highest BCUT2D eigenvalue weighted by atomic mass is 32.2. The lowest BCUT2D eigenvalue weighted by atomic mass is 10.3. The first kappa shape index (κ1) is 14.3. The summed E-state index contributed by atoms with van der Waals surface area (Å²) >= 11 is 1.12. The molecule has 0 unspecified atom stereocenters. The number of sulfonamides is 1. The van der Waals surface area contributed by atoms with Crippen LogP contribution < -0.4 is 4.72 Å². The molecular formula is C10H10N4O4S2. The molecule has 0 saturated carbocycles. The van der Waals surface area contributed by atoms with Crippen LogP contribution in [-0.4, -0.2) is 23.5 Å². The van der Waals surface area contributed by atoms with Crippen LogP contribution in [0.2, 0.25) is 0 Å². The third kappa shape index (κ3) is 3.08. The van der Waals surface area contributed by atoms with E-state index in [2.05, 4.69) is 14.9 Å². The molecule has 106 valence electrons. The van der Waals surface area contributed by atoms with Gasteiger partial charge in [-0.1, -0.05) is 24.3 Å². The number of aryl methyl sites for hydroxylation is 1. The molecule has 0 amide bonds.